The molecule has 0 saturated heterocycles. The molecule has 0 saturated carbocycles. The molecule has 4 nitrogen and oxygen atoms in total. The minimum absolute atomic E-state index is 0.0608. The zero-order valence-corrected chi connectivity index (χ0v) is 13.6. The summed E-state index contributed by atoms with van der Waals surface area (Å²) in [4.78, 5) is 8.97. The van der Waals surface area contributed by atoms with Crippen LogP contribution in [0.25, 0.3) is 10.6 Å². The standard InChI is InChI=1S/C16H22N4S/c1-16(2,3)20-15(17)18-10-9-13-11-21-14(19-13)12-7-5-4-6-8-12/h4-8,11H,9-10H2,1-3H3,(H3,17,18,20). The number of guanidine groups is 1. The zero-order chi connectivity index (χ0) is 15.3. The van der Waals surface area contributed by atoms with Gasteiger partial charge in [-0.2, -0.15) is 0 Å². The van der Waals surface area contributed by atoms with Gasteiger partial charge in [-0.1, -0.05) is 30.3 Å². The second-order valence-electron chi connectivity index (χ2n) is 5.90. The van der Waals surface area contributed by atoms with Gasteiger partial charge in [-0.3, -0.25) is 4.99 Å². The highest BCUT2D eigenvalue weighted by Crippen LogP contribution is 2.23. The van der Waals surface area contributed by atoms with E-state index in [-0.39, 0.29) is 5.54 Å². The molecule has 0 aliphatic rings. The van der Waals surface area contributed by atoms with Crippen LogP contribution in [0, 0.1) is 0 Å². The van der Waals surface area contributed by atoms with Crippen LogP contribution < -0.4 is 11.1 Å². The lowest BCUT2D eigenvalue weighted by Gasteiger charge is -2.20. The smallest absolute Gasteiger partial charge is 0.188 e. The summed E-state index contributed by atoms with van der Waals surface area (Å²) in [5.74, 6) is 0.487. The largest absolute Gasteiger partial charge is 0.370 e. The Morgan fingerprint density at radius 2 is 2.00 bits per heavy atom. The van der Waals surface area contributed by atoms with Gasteiger partial charge in [-0.05, 0) is 20.8 Å². The molecule has 0 aliphatic carbocycles. The molecule has 2 aromatic rings. The Balaban J connectivity index is 1.91. The first-order valence-corrected chi connectivity index (χ1v) is 7.90. The van der Waals surface area contributed by atoms with Crippen molar-refractivity contribution in [2.24, 2.45) is 10.7 Å². The molecule has 112 valence electrons. The van der Waals surface area contributed by atoms with E-state index in [2.05, 4.69) is 53.6 Å². The maximum atomic E-state index is 5.84. The normalized spacial score (nSPS) is 12.4. The van der Waals surface area contributed by atoms with Gasteiger partial charge >= 0.3 is 0 Å². The van der Waals surface area contributed by atoms with E-state index in [0.29, 0.717) is 12.5 Å². The summed E-state index contributed by atoms with van der Waals surface area (Å²) in [6, 6.07) is 10.2. The lowest BCUT2D eigenvalue weighted by atomic mass is 10.1. The molecule has 1 aromatic heterocycles. The van der Waals surface area contributed by atoms with Crippen LogP contribution in [-0.2, 0) is 6.42 Å². The first kappa shape index (κ1) is 15.5. The molecule has 0 unspecified atom stereocenters. The fourth-order valence-corrected chi connectivity index (χ4v) is 2.71. The molecule has 0 aliphatic heterocycles. The number of hydrogen-bond acceptors (Lipinski definition) is 3. The zero-order valence-electron chi connectivity index (χ0n) is 12.8. The number of nitrogens with two attached hydrogens (primary N) is 1. The number of nitrogens with zero attached hydrogens (tertiary/aromatic N) is 2. The van der Waals surface area contributed by atoms with E-state index in [1.165, 1.54) is 0 Å². The van der Waals surface area contributed by atoms with Gasteiger partial charge in [0.25, 0.3) is 0 Å². The molecule has 1 heterocycles. The van der Waals surface area contributed by atoms with Crippen LogP contribution >= 0.6 is 11.3 Å². The average Bonchev–Trinajstić information content (AvgIpc) is 2.86. The van der Waals surface area contributed by atoms with E-state index in [0.717, 1.165) is 22.7 Å². The highest BCUT2D eigenvalue weighted by atomic mass is 32.1. The van der Waals surface area contributed by atoms with Gasteiger partial charge in [0.2, 0.25) is 0 Å². The Bertz CT molecular complexity index is 596. The van der Waals surface area contributed by atoms with Gasteiger partial charge < -0.3 is 11.1 Å². The molecule has 2 rings (SSSR count). The van der Waals surface area contributed by atoms with Gasteiger partial charge in [-0.15, -0.1) is 11.3 Å². The van der Waals surface area contributed by atoms with Crippen molar-refractivity contribution >= 4 is 17.3 Å². The Morgan fingerprint density at radius 3 is 2.67 bits per heavy atom. The van der Waals surface area contributed by atoms with E-state index < -0.39 is 0 Å². The first-order chi connectivity index (χ1) is 9.94. The molecule has 0 atom stereocenters. The van der Waals surface area contributed by atoms with Crippen molar-refractivity contribution in [3.63, 3.8) is 0 Å². The topological polar surface area (TPSA) is 63.3 Å². The van der Waals surface area contributed by atoms with Crippen LogP contribution in [-0.4, -0.2) is 23.0 Å². The lowest BCUT2D eigenvalue weighted by Crippen LogP contribution is -2.45. The van der Waals surface area contributed by atoms with Gasteiger partial charge in [0, 0.05) is 29.4 Å². The lowest BCUT2D eigenvalue weighted by molar-refractivity contribution is 0.508. The summed E-state index contributed by atoms with van der Waals surface area (Å²) in [7, 11) is 0. The van der Waals surface area contributed by atoms with Crippen molar-refractivity contribution in [3.8, 4) is 10.6 Å². The molecule has 0 fully saturated rings. The minimum Gasteiger partial charge on any atom is -0.370 e. The molecule has 1 aromatic carbocycles. The average molecular weight is 302 g/mol. The fraction of sp³-hybridized carbons (Fsp3) is 0.375. The Hall–Kier alpha value is -1.88. The maximum absolute atomic E-state index is 5.84. The van der Waals surface area contributed by atoms with Crippen LogP contribution in [0.15, 0.2) is 40.7 Å². The Kier molecular flexibility index (Phi) is 4.96. The quantitative estimate of drug-likeness (QED) is 0.674. The third-order valence-electron chi connectivity index (χ3n) is 2.73. The molecule has 0 spiro atoms. The highest BCUT2D eigenvalue weighted by Gasteiger charge is 2.09. The van der Waals surface area contributed by atoms with E-state index in [1.54, 1.807) is 11.3 Å². The summed E-state index contributed by atoms with van der Waals surface area (Å²) in [5.41, 5.74) is 8.00. The number of aliphatic imine (C=N–C) groups is 1. The van der Waals surface area contributed by atoms with Crippen molar-refractivity contribution in [1.82, 2.24) is 10.3 Å². The highest BCUT2D eigenvalue weighted by molar-refractivity contribution is 7.13. The number of benzene rings is 1. The van der Waals surface area contributed by atoms with Crippen LogP contribution in [0.1, 0.15) is 26.5 Å². The fourth-order valence-electron chi connectivity index (χ4n) is 1.85. The van der Waals surface area contributed by atoms with Crippen LogP contribution in [0.4, 0.5) is 0 Å². The van der Waals surface area contributed by atoms with Crippen molar-refractivity contribution in [1.29, 1.82) is 0 Å². The summed E-state index contributed by atoms with van der Waals surface area (Å²) in [6.45, 7) is 6.82. The molecule has 0 bridgehead atoms. The Morgan fingerprint density at radius 1 is 1.29 bits per heavy atom. The predicted octanol–water partition coefficient (Wildman–Crippen LogP) is 3.06. The van der Waals surface area contributed by atoms with E-state index in [4.69, 9.17) is 5.73 Å². The Labute approximate surface area is 130 Å². The van der Waals surface area contributed by atoms with Crippen molar-refractivity contribution in [2.45, 2.75) is 32.7 Å². The van der Waals surface area contributed by atoms with Gasteiger partial charge in [-0.25, -0.2) is 4.98 Å². The van der Waals surface area contributed by atoms with Crippen LogP contribution in [0.5, 0.6) is 0 Å². The monoisotopic (exact) mass is 302 g/mol. The van der Waals surface area contributed by atoms with E-state index in [9.17, 15) is 0 Å². The summed E-state index contributed by atoms with van der Waals surface area (Å²) >= 11 is 1.67. The number of rotatable bonds is 4. The third-order valence-corrected chi connectivity index (χ3v) is 3.67. The molecular formula is C16H22N4S. The number of aromatic nitrogens is 1. The van der Waals surface area contributed by atoms with Crippen molar-refractivity contribution in [3.05, 3.63) is 41.4 Å². The molecular weight excluding hydrogens is 280 g/mol. The maximum Gasteiger partial charge on any atom is 0.188 e. The molecule has 5 heteroatoms. The molecule has 21 heavy (non-hydrogen) atoms. The third kappa shape index (κ3) is 5.19. The molecule has 0 radical (unpaired) electrons. The van der Waals surface area contributed by atoms with Gasteiger partial charge in [0.05, 0.1) is 5.69 Å². The molecule has 3 N–H and O–H groups in total. The summed E-state index contributed by atoms with van der Waals surface area (Å²) in [6.07, 6.45) is 0.801. The minimum atomic E-state index is -0.0608. The summed E-state index contributed by atoms with van der Waals surface area (Å²) in [5, 5.41) is 6.29. The predicted molar refractivity (Wildman–Crippen MR) is 90.6 cm³/mol. The first-order valence-electron chi connectivity index (χ1n) is 7.02. The van der Waals surface area contributed by atoms with E-state index >= 15 is 0 Å². The second kappa shape index (κ2) is 6.72. The second-order valence-corrected chi connectivity index (χ2v) is 6.76. The van der Waals surface area contributed by atoms with Gasteiger partial charge in [0.1, 0.15) is 5.01 Å². The van der Waals surface area contributed by atoms with E-state index in [1.807, 2.05) is 18.2 Å². The van der Waals surface area contributed by atoms with Gasteiger partial charge in [0.15, 0.2) is 5.96 Å². The van der Waals surface area contributed by atoms with Crippen LogP contribution in [0.3, 0.4) is 0 Å². The van der Waals surface area contributed by atoms with Crippen LogP contribution in [0.2, 0.25) is 0 Å². The molecule has 0 amide bonds. The van der Waals surface area contributed by atoms with Crippen molar-refractivity contribution in [2.75, 3.05) is 6.54 Å². The SMILES string of the molecule is CC(C)(C)NC(N)=NCCc1csc(-c2ccccc2)n1. The summed E-state index contributed by atoms with van der Waals surface area (Å²) < 4.78 is 0. The number of nitrogens with one attached hydrogen (secondary N) is 1. The van der Waals surface area contributed by atoms with Crippen molar-refractivity contribution < 1.29 is 0 Å². The number of hydrogen-bond donors (Lipinski definition) is 2. The number of thiazole rings is 1.